The molecule has 4 rings (SSSR count). The quantitative estimate of drug-likeness (QED) is 0.252. The lowest BCUT2D eigenvalue weighted by Crippen LogP contribution is -2.55. The maximum absolute atomic E-state index is 13.0. The third-order valence-corrected chi connectivity index (χ3v) is 9.63. The molecular weight excluding hydrogens is 574 g/mol. The smallest absolute Gasteiger partial charge is 0.410 e. The van der Waals surface area contributed by atoms with Crippen LogP contribution >= 0.6 is 11.6 Å². The second-order valence-corrected chi connectivity index (χ2v) is 12.3. The van der Waals surface area contributed by atoms with Gasteiger partial charge in [-0.2, -0.15) is 0 Å². The van der Waals surface area contributed by atoms with Gasteiger partial charge >= 0.3 is 18.0 Å². The Morgan fingerprint density at radius 1 is 1.02 bits per heavy atom. The lowest BCUT2D eigenvalue weighted by Gasteiger charge is -2.46. The van der Waals surface area contributed by atoms with E-state index in [1.54, 1.807) is 38.1 Å². The van der Waals surface area contributed by atoms with Gasteiger partial charge in [-0.1, -0.05) is 17.7 Å². The molecule has 1 aliphatic carbocycles. The Hall–Kier alpha value is -2.41. The van der Waals surface area contributed by atoms with Crippen LogP contribution in [0.3, 0.4) is 0 Å². The first-order valence-electron chi connectivity index (χ1n) is 14.2. The molecule has 228 valence electrons. The largest absolute Gasteiger partial charge is 0.465 e. The molecule has 1 aromatic carbocycles. The van der Waals surface area contributed by atoms with Crippen molar-refractivity contribution < 1.29 is 37.4 Å². The van der Waals surface area contributed by atoms with E-state index in [0.29, 0.717) is 43.2 Å². The number of hydrogen-bond donors (Lipinski definition) is 1. The number of methoxy groups -OCH3 is 1. The van der Waals surface area contributed by atoms with E-state index in [-0.39, 0.29) is 36.9 Å². The third kappa shape index (κ3) is 7.33. The zero-order valence-corrected chi connectivity index (χ0v) is 25.3. The summed E-state index contributed by atoms with van der Waals surface area (Å²) in [4.78, 5) is 41.8. The van der Waals surface area contributed by atoms with Crippen molar-refractivity contribution in [3.8, 4) is 0 Å². The Labute approximate surface area is 248 Å². The van der Waals surface area contributed by atoms with Gasteiger partial charge in [0.15, 0.2) is 0 Å². The number of carbonyl (C=O) groups is 3. The molecule has 1 aromatic rings. The van der Waals surface area contributed by atoms with Crippen LogP contribution in [0, 0.1) is 17.8 Å². The Morgan fingerprint density at radius 3 is 2.37 bits per heavy atom. The second kappa shape index (κ2) is 14.2. The van der Waals surface area contributed by atoms with Gasteiger partial charge in [-0.25, -0.2) is 13.8 Å². The Bertz CT molecular complexity index is 1130. The third-order valence-electron chi connectivity index (χ3n) is 8.55. The molecule has 2 saturated heterocycles. The highest BCUT2D eigenvalue weighted by atomic mass is 35.5. The number of rotatable bonds is 9. The topological polar surface area (TPSA) is 126 Å². The lowest BCUT2D eigenvalue weighted by atomic mass is 9.69. The van der Waals surface area contributed by atoms with Crippen molar-refractivity contribution in [1.82, 2.24) is 9.80 Å². The van der Waals surface area contributed by atoms with Gasteiger partial charge in [0.1, 0.15) is 12.1 Å². The van der Waals surface area contributed by atoms with Crippen molar-refractivity contribution in [2.24, 2.45) is 17.8 Å². The summed E-state index contributed by atoms with van der Waals surface area (Å²) in [5, 5.41) is 0.450. The average molecular weight is 614 g/mol. The van der Waals surface area contributed by atoms with Gasteiger partial charge in [0.05, 0.1) is 32.1 Å². The molecule has 1 N–H and O–H groups in total. The van der Waals surface area contributed by atoms with E-state index in [0.717, 1.165) is 19.3 Å². The van der Waals surface area contributed by atoms with E-state index in [2.05, 4.69) is 4.90 Å². The van der Waals surface area contributed by atoms with Gasteiger partial charge in [0.2, 0.25) is 0 Å². The van der Waals surface area contributed by atoms with Gasteiger partial charge in [0.25, 0.3) is 11.3 Å². The minimum Gasteiger partial charge on any atom is -0.465 e. The van der Waals surface area contributed by atoms with Crippen molar-refractivity contribution in [2.75, 3.05) is 44.3 Å². The zero-order valence-electron chi connectivity index (χ0n) is 23.8. The molecular formula is C28H40ClN3O8S. The van der Waals surface area contributed by atoms with Gasteiger partial charge < -0.3 is 14.2 Å². The molecule has 0 radical (unpaired) electrons. The van der Waals surface area contributed by atoms with Gasteiger partial charge in [0, 0.05) is 24.7 Å². The first kappa shape index (κ1) is 31.5. The molecule has 1 saturated carbocycles. The van der Waals surface area contributed by atoms with Crippen LogP contribution in [0.15, 0.2) is 24.3 Å². The number of fused-ring (bicyclic) bond motifs is 1. The highest BCUT2D eigenvalue weighted by Gasteiger charge is 2.47. The molecule has 3 aliphatic rings. The summed E-state index contributed by atoms with van der Waals surface area (Å²) >= 11 is 3.85. The number of halogens is 1. The zero-order chi connectivity index (χ0) is 29.7. The maximum atomic E-state index is 13.0. The molecule has 11 nitrogen and oxygen atoms in total. The Morgan fingerprint density at radius 2 is 1.73 bits per heavy atom. The SMILES string of the molecule is CCOC(=O)C1CC(N(c2cccc(Cl)c2)S(=O)O)CN1CC1CCC2CN(C(=O)OC)C(C(=O)OCC)CC2C1. The maximum Gasteiger partial charge on any atom is 0.410 e. The number of esters is 2. The lowest BCUT2D eigenvalue weighted by molar-refractivity contribution is -0.153. The summed E-state index contributed by atoms with van der Waals surface area (Å²) in [6, 6.07) is 5.16. The van der Waals surface area contributed by atoms with Gasteiger partial charge in [-0.3, -0.25) is 23.5 Å². The molecule has 0 spiro atoms. The standard InChI is InChI=1S/C28H40ClN3O8S/c1-4-39-26(33)24-14-23(32(41(36)37)22-8-6-7-21(29)13-22)17-30(24)15-18-9-10-19-16-31(28(35)38-3)25(12-20(19)11-18)27(34)40-5-2/h6-8,13,18-20,23-25H,4-5,9-12,14-17H2,1-3H3,(H,36,37). The normalized spacial score (nSPS) is 28.9. The van der Waals surface area contributed by atoms with Crippen molar-refractivity contribution in [2.45, 2.75) is 64.1 Å². The van der Waals surface area contributed by atoms with Crippen LogP contribution in [0.2, 0.25) is 5.02 Å². The summed E-state index contributed by atoms with van der Waals surface area (Å²) < 4.78 is 39.7. The molecule has 7 atom stereocenters. The molecule has 13 heteroatoms. The molecule has 7 unspecified atom stereocenters. The van der Waals surface area contributed by atoms with E-state index in [4.69, 9.17) is 25.8 Å². The number of ether oxygens (including phenoxy) is 3. The number of likely N-dealkylation sites (tertiary alicyclic amines) is 2. The second-order valence-electron chi connectivity index (χ2n) is 11.0. The fraction of sp³-hybridized carbons (Fsp3) is 0.679. The van der Waals surface area contributed by atoms with Crippen molar-refractivity contribution in [3.05, 3.63) is 29.3 Å². The van der Waals surface area contributed by atoms with Crippen molar-refractivity contribution in [1.29, 1.82) is 0 Å². The van der Waals surface area contributed by atoms with Crippen LogP contribution in [0.5, 0.6) is 0 Å². The van der Waals surface area contributed by atoms with Gasteiger partial charge in [-0.15, -0.1) is 0 Å². The summed E-state index contributed by atoms with van der Waals surface area (Å²) in [7, 11) is 1.32. The van der Waals surface area contributed by atoms with Gasteiger partial charge in [-0.05, 0) is 81.9 Å². The summed E-state index contributed by atoms with van der Waals surface area (Å²) in [5.74, 6) is -0.0398. The predicted octanol–water partition coefficient (Wildman–Crippen LogP) is 3.73. The number of amides is 1. The minimum absolute atomic E-state index is 0.219. The molecule has 0 aromatic heterocycles. The number of benzene rings is 1. The molecule has 41 heavy (non-hydrogen) atoms. The summed E-state index contributed by atoms with van der Waals surface area (Å²) in [6.45, 7) is 5.46. The average Bonchev–Trinajstić information content (AvgIpc) is 3.35. The van der Waals surface area contributed by atoms with Crippen LogP contribution in [0.25, 0.3) is 0 Å². The number of nitrogens with zero attached hydrogens (tertiary/aromatic N) is 3. The monoisotopic (exact) mass is 613 g/mol. The first-order valence-corrected chi connectivity index (χ1v) is 15.7. The predicted molar refractivity (Wildman–Crippen MR) is 154 cm³/mol. The number of hydrogen-bond acceptors (Lipinski definition) is 8. The van der Waals surface area contributed by atoms with Crippen LogP contribution in [0.1, 0.15) is 46.0 Å². The van der Waals surface area contributed by atoms with Crippen LogP contribution in [-0.4, -0.2) is 94.7 Å². The number of piperidine rings is 1. The number of anilines is 1. The van der Waals surface area contributed by atoms with E-state index >= 15 is 0 Å². The van der Waals surface area contributed by atoms with E-state index in [9.17, 15) is 23.1 Å². The van der Waals surface area contributed by atoms with Crippen molar-refractivity contribution >= 4 is 46.6 Å². The highest BCUT2D eigenvalue weighted by molar-refractivity contribution is 7.80. The molecule has 3 fully saturated rings. The summed E-state index contributed by atoms with van der Waals surface area (Å²) in [6.07, 6.45) is 2.96. The highest BCUT2D eigenvalue weighted by Crippen LogP contribution is 2.42. The van der Waals surface area contributed by atoms with E-state index in [1.807, 2.05) is 0 Å². The number of carbonyl (C=O) groups excluding carboxylic acids is 3. The van der Waals surface area contributed by atoms with Crippen LogP contribution in [-0.2, 0) is 35.1 Å². The molecule has 0 bridgehead atoms. The Kier molecular flexibility index (Phi) is 10.9. The fourth-order valence-electron chi connectivity index (χ4n) is 6.80. The molecule has 2 aliphatic heterocycles. The van der Waals surface area contributed by atoms with Crippen LogP contribution in [0.4, 0.5) is 10.5 Å². The van der Waals surface area contributed by atoms with Crippen LogP contribution < -0.4 is 4.31 Å². The Balaban J connectivity index is 1.49. The van der Waals surface area contributed by atoms with Crippen molar-refractivity contribution in [3.63, 3.8) is 0 Å². The van der Waals surface area contributed by atoms with E-state index < -0.39 is 41.5 Å². The molecule has 1 amide bonds. The summed E-state index contributed by atoms with van der Waals surface area (Å²) in [5.41, 5.74) is 0.510. The minimum atomic E-state index is -2.32. The van der Waals surface area contributed by atoms with E-state index in [1.165, 1.54) is 16.3 Å². The fourth-order valence-corrected chi connectivity index (χ4v) is 7.69. The molecule has 2 heterocycles. The first-order chi connectivity index (χ1) is 19.7.